The van der Waals surface area contributed by atoms with Crippen LogP contribution in [0.25, 0.3) is 0 Å². The molecule has 0 heterocycles. The van der Waals surface area contributed by atoms with E-state index in [1.807, 2.05) is 31.2 Å². The monoisotopic (exact) mass is 342 g/mol. The van der Waals surface area contributed by atoms with Crippen LogP contribution < -0.4 is 20.1 Å². The minimum atomic E-state index is -0.675. The highest BCUT2D eigenvalue weighted by Gasteiger charge is 2.12. The van der Waals surface area contributed by atoms with Crippen molar-refractivity contribution in [2.75, 3.05) is 20.3 Å². The van der Waals surface area contributed by atoms with Crippen LogP contribution in [-0.4, -0.2) is 32.1 Å². The van der Waals surface area contributed by atoms with Gasteiger partial charge in [0.15, 0.2) is 0 Å². The second-order valence-corrected chi connectivity index (χ2v) is 5.45. The zero-order chi connectivity index (χ0) is 18.1. The van der Waals surface area contributed by atoms with Gasteiger partial charge in [0.1, 0.15) is 18.1 Å². The molecule has 6 nitrogen and oxygen atoms in total. The number of carbonyl (C=O) groups excluding carboxylic acids is 2. The Morgan fingerprint density at radius 2 is 1.64 bits per heavy atom. The van der Waals surface area contributed by atoms with E-state index in [0.717, 1.165) is 16.9 Å². The highest BCUT2D eigenvalue weighted by Crippen LogP contribution is 2.16. The number of hydrogen-bond acceptors (Lipinski definition) is 4. The standard InChI is InChI=1S/C19H22N2O4/c1-14-4-3-5-15(12-14)13-21-19(23)18(22)20-10-11-25-17-8-6-16(24-2)7-9-17/h3-9,12H,10-11,13H2,1-2H3,(H,20,22)(H,21,23). The van der Waals surface area contributed by atoms with E-state index in [1.54, 1.807) is 31.4 Å². The van der Waals surface area contributed by atoms with Gasteiger partial charge in [0.2, 0.25) is 0 Å². The third-order valence-corrected chi connectivity index (χ3v) is 3.46. The van der Waals surface area contributed by atoms with E-state index in [1.165, 1.54) is 0 Å². The molecule has 0 aromatic heterocycles. The molecule has 0 spiro atoms. The zero-order valence-electron chi connectivity index (χ0n) is 14.4. The maximum atomic E-state index is 11.8. The van der Waals surface area contributed by atoms with E-state index >= 15 is 0 Å². The molecule has 2 N–H and O–H groups in total. The van der Waals surface area contributed by atoms with E-state index in [0.29, 0.717) is 12.3 Å². The lowest BCUT2D eigenvalue weighted by Gasteiger charge is -2.09. The maximum absolute atomic E-state index is 11.8. The molecule has 6 heteroatoms. The fourth-order valence-corrected chi connectivity index (χ4v) is 2.17. The molecule has 0 saturated carbocycles. The van der Waals surface area contributed by atoms with Gasteiger partial charge in [-0.05, 0) is 36.8 Å². The van der Waals surface area contributed by atoms with E-state index in [9.17, 15) is 9.59 Å². The number of amides is 2. The largest absolute Gasteiger partial charge is 0.497 e. The number of benzene rings is 2. The van der Waals surface area contributed by atoms with Crippen LogP contribution in [0.3, 0.4) is 0 Å². The number of ether oxygens (including phenoxy) is 2. The van der Waals surface area contributed by atoms with Gasteiger partial charge in [-0.25, -0.2) is 0 Å². The SMILES string of the molecule is COc1ccc(OCCNC(=O)C(=O)NCc2cccc(C)c2)cc1. The average Bonchev–Trinajstić information content (AvgIpc) is 2.63. The molecular weight excluding hydrogens is 320 g/mol. The molecule has 2 rings (SSSR count). The van der Waals surface area contributed by atoms with Gasteiger partial charge < -0.3 is 20.1 Å². The van der Waals surface area contributed by atoms with Gasteiger partial charge in [0.25, 0.3) is 0 Å². The molecule has 0 unspecified atom stereocenters. The summed E-state index contributed by atoms with van der Waals surface area (Å²) in [6.45, 7) is 2.79. The molecule has 0 radical (unpaired) electrons. The van der Waals surface area contributed by atoms with Crippen molar-refractivity contribution in [2.24, 2.45) is 0 Å². The molecular formula is C19H22N2O4. The molecule has 2 aromatic rings. The molecule has 132 valence electrons. The maximum Gasteiger partial charge on any atom is 0.309 e. The lowest BCUT2D eigenvalue weighted by Crippen LogP contribution is -2.41. The Balaban J connectivity index is 1.66. The number of rotatable bonds is 7. The highest BCUT2D eigenvalue weighted by atomic mass is 16.5. The summed E-state index contributed by atoms with van der Waals surface area (Å²) in [5.74, 6) is 0.0711. The third kappa shape index (κ3) is 6.18. The lowest BCUT2D eigenvalue weighted by molar-refractivity contribution is -0.139. The predicted octanol–water partition coefficient (Wildman–Crippen LogP) is 1.82. The lowest BCUT2D eigenvalue weighted by atomic mass is 10.1. The fourth-order valence-electron chi connectivity index (χ4n) is 2.17. The zero-order valence-corrected chi connectivity index (χ0v) is 14.4. The van der Waals surface area contributed by atoms with E-state index < -0.39 is 11.8 Å². The first-order valence-electron chi connectivity index (χ1n) is 7.97. The van der Waals surface area contributed by atoms with Crippen LogP contribution in [0.1, 0.15) is 11.1 Å². The van der Waals surface area contributed by atoms with Crippen molar-refractivity contribution in [1.29, 1.82) is 0 Å². The van der Waals surface area contributed by atoms with Crippen molar-refractivity contribution in [2.45, 2.75) is 13.5 Å². The first kappa shape index (κ1) is 18.3. The van der Waals surface area contributed by atoms with Crippen molar-refractivity contribution >= 4 is 11.8 Å². The number of aryl methyl sites for hydroxylation is 1. The first-order valence-corrected chi connectivity index (χ1v) is 7.97. The van der Waals surface area contributed by atoms with E-state index in [4.69, 9.17) is 9.47 Å². The molecule has 0 atom stereocenters. The summed E-state index contributed by atoms with van der Waals surface area (Å²) >= 11 is 0. The number of hydrogen-bond donors (Lipinski definition) is 2. The fraction of sp³-hybridized carbons (Fsp3) is 0.263. The third-order valence-electron chi connectivity index (χ3n) is 3.46. The Bertz CT molecular complexity index is 714. The van der Waals surface area contributed by atoms with Crippen LogP contribution in [0.2, 0.25) is 0 Å². The summed E-state index contributed by atoms with van der Waals surface area (Å²) in [5, 5.41) is 5.11. The summed E-state index contributed by atoms with van der Waals surface area (Å²) in [4.78, 5) is 23.5. The summed E-state index contributed by atoms with van der Waals surface area (Å²) in [5.41, 5.74) is 2.05. The van der Waals surface area contributed by atoms with Crippen LogP contribution in [0.5, 0.6) is 11.5 Å². The van der Waals surface area contributed by atoms with E-state index in [-0.39, 0.29) is 13.2 Å². The summed E-state index contributed by atoms with van der Waals surface area (Å²) < 4.78 is 10.5. The molecule has 0 aliphatic carbocycles. The van der Waals surface area contributed by atoms with Crippen LogP contribution in [0.4, 0.5) is 0 Å². The molecule has 0 aliphatic heterocycles. The number of nitrogens with one attached hydrogen (secondary N) is 2. The Morgan fingerprint density at radius 1 is 0.960 bits per heavy atom. The Kier molecular flexibility index (Phi) is 6.83. The van der Waals surface area contributed by atoms with Crippen LogP contribution in [0, 0.1) is 6.92 Å². The highest BCUT2D eigenvalue weighted by molar-refractivity contribution is 6.35. The van der Waals surface area contributed by atoms with Crippen LogP contribution in [0.15, 0.2) is 48.5 Å². The average molecular weight is 342 g/mol. The van der Waals surface area contributed by atoms with Gasteiger partial charge in [-0.2, -0.15) is 0 Å². The Morgan fingerprint density at radius 3 is 2.32 bits per heavy atom. The summed E-state index contributed by atoms with van der Waals surface area (Å²) in [7, 11) is 1.59. The number of carbonyl (C=O) groups is 2. The molecule has 2 aromatic carbocycles. The van der Waals surface area contributed by atoms with E-state index in [2.05, 4.69) is 10.6 Å². The van der Waals surface area contributed by atoms with Crippen molar-refractivity contribution in [3.63, 3.8) is 0 Å². The molecule has 25 heavy (non-hydrogen) atoms. The molecule has 0 fully saturated rings. The molecule has 0 bridgehead atoms. The van der Waals surface area contributed by atoms with Gasteiger partial charge in [-0.1, -0.05) is 29.8 Å². The van der Waals surface area contributed by atoms with Gasteiger partial charge in [0, 0.05) is 6.54 Å². The molecule has 2 amide bonds. The molecule has 0 saturated heterocycles. The second-order valence-electron chi connectivity index (χ2n) is 5.45. The smallest absolute Gasteiger partial charge is 0.309 e. The van der Waals surface area contributed by atoms with Gasteiger partial charge in [-0.15, -0.1) is 0 Å². The summed E-state index contributed by atoms with van der Waals surface area (Å²) in [6, 6.07) is 14.9. The minimum Gasteiger partial charge on any atom is -0.497 e. The Labute approximate surface area is 147 Å². The number of methoxy groups -OCH3 is 1. The predicted molar refractivity (Wildman–Crippen MR) is 94.5 cm³/mol. The van der Waals surface area contributed by atoms with Crippen molar-refractivity contribution in [3.05, 3.63) is 59.7 Å². The quantitative estimate of drug-likeness (QED) is 0.594. The van der Waals surface area contributed by atoms with Crippen molar-refractivity contribution in [3.8, 4) is 11.5 Å². The van der Waals surface area contributed by atoms with Crippen molar-refractivity contribution < 1.29 is 19.1 Å². The first-order chi connectivity index (χ1) is 12.1. The van der Waals surface area contributed by atoms with Gasteiger partial charge in [-0.3, -0.25) is 9.59 Å². The molecule has 0 aliphatic rings. The van der Waals surface area contributed by atoms with Crippen LogP contribution >= 0.6 is 0 Å². The second kappa shape index (κ2) is 9.32. The topological polar surface area (TPSA) is 76.7 Å². The Hall–Kier alpha value is -3.02. The normalized spacial score (nSPS) is 10.0. The summed E-state index contributed by atoms with van der Waals surface area (Å²) in [6.07, 6.45) is 0. The van der Waals surface area contributed by atoms with Crippen molar-refractivity contribution in [1.82, 2.24) is 10.6 Å². The van der Waals surface area contributed by atoms with Gasteiger partial charge in [0.05, 0.1) is 13.7 Å². The van der Waals surface area contributed by atoms with Crippen LogP contribution in [-0.2, 0) is 16.1 Å². The minimum absolute atomic E-state index is 0.239. The van der Waals surface area contributed by atoms with Gasteiger partial charge >= 0.3 is 11.8 Å².